The van der Waals surface area contributed by atoms with Crippen LogP contribution in [-0.4, -0.2) is 67.9 Å². The van der Waals surface area contributed by atoms with E-state index in [0.29, 0.717) is 36.6 Å². The summed E-state index contributed by atoms with van der Waals surface area (Å²) < 4.78 is 0. The van der Waals surface area contributed by atoms with E-state index >= 15 is 0 Å². The molecular weight excluding hydrogens is 472 g/mol. The fourth-order valence-corrected chi connectivity index (χ4v) is 5.32. The molecule has 4 rings (SSSR count). The molecule has 7 heteroatoms. The van der Waals surface area contributed by atoms with Crippen molar-refractivity contribution in [3.8, 4) is 0 Å². The summed E-state index contributed by atoms with van der Waals surface area (Å²) >= 11 is 6.59. The molecule has 2 amide bonds. The third-order valence-corrected chi connectivity index (χ3v) is 7.47. The highest BCUT2D eigenvalue weighted by Crippen LogP contribution is 2.29. The molecule has 0 bridgehead atoms. The highest BCUT2D eigenvalue weighted by atomic mass is 35.5. The number of anilines is 2. The maximum atomic E-state index is 13.9. The standard InChI is InChI=1S/C29H39ClN4O2/c1-22(2)19-28(35)34-16-8-13-31(3)17-18-33(21-23-9-4-5-10-27(23)34)29(36)25-20-24(11-12-26(25)30)32-14-6-7-15-32/h4-5,9-12,20,22H,6-8,13-19,21H2,1-3H3. The van der Waals surface area contributed by atoms with E-state index in [2.05, 4.69) is 30.7 Å². The number of carbonyl (C=O) groups excluding carboxylic acids is 2. The summed E-state index contributed by atoms with van der Waals surface area (Å²) in [6, 6.07) is 13.8. The third-order valence-electron chi connectivity index (χ3n) is 7.14. The van der Waals surface area contributed by atoms with Crippen LogP contribution in [0.15, 0.2) is 42.5 Å². The van der Waals surface area contributed by atoms with Crippen LogP contribution < -0.4 is 9.80 Å². The van der Waals surface area contributed by atoms with E-state index < -0.39 is 0 Å². The lowest BCUT2D eigenvalue weighted by Gasteiger charge is -2.29. The van der Waals surface area contributed by atoms with E-state index in [1.165, 1.54) is 12.8 Å². The average Bonchev–Trinajstić information content (AvgIpc) is 3.38. The lowest BCUT2D eigenvalue weighted by molar-refractivity contribution is -0.119. The largest absolute Gasteiger partial charge is 0.372 e. The number of hydrogen-bond acceptors (Lipinski definition) is 4. The SMILES string of the molecule is CC(C)CC(=O)N1CCCN(C)CCN(C(=O)c2cc(N3CCCC3)ccc2Cl)Cc2ccccc21. The van der Waals surface area contributed by atoms with Crippen LogP contribution >= 0.6 is 11.6 Å². The third kappa shape index (κ3) is 6.40. The van der Waals surface area contributed by atoms with Gasteiger partial charge in [-0.2, -0.15) is 0 Å². The molecule has 2 aromatic rings. The van der Waals surface area contributed by atoms with Gasteiger partial charge in [-0.1, -0.05) is 43.6 Å². The van der Waals surface area contributed by atoms with E-state index in [1.54, 1.807) is 0 Å². The summed E-state index contributed by atoms with van der Waals surface area (Å²) in [5, 5.41) is 0.479. The van der Waals surface area contributed by atoms with Crippen molar-refractivity contribution in [2.24, 2.45) is 5.92 Å². The zero-order chi connectivity index (χ0) is 25.7. The Labute approximate surface area is 220 Å². The van der Waals surface area contributed by atoms with E-state index in [1.807, 2.05) is 52.3 Å². The van der Waals surface area contributed by atoms with Crippen LogP contribution in [0, 0.1) is 5.92 Å². The predicted octanol–water partition coefficient (Wildman–Crippen LogP) is 5.30. The van der Waals surface area contributed by atoms with Crippen LogP contribution in [-0.2, 0) is 11.3 Å². The molecule has 2 heterocycles. The Morgan fingerprint density at radius 2 is 1.67 bits per heavy atom. The summed E-state index contributed by atoms with van der Waals surface area (Å²) in [7, 11) is 2.08. The van der Waals surface area contributed by atoms with Gasteiger partial charge in [0.05, 0.1) is 10.6 Å². The Morgan fingerprint density at radius 3 is 2.42 bits per heavy atom. The van der Waals surface area contributed by atoms with Gasteiger partial charge in [0.25, 0.3) is 5.91 Å². The number of hydrogen-bond donors (Lipinski definition) is 0. The van der Waals surface area contributed by atoms with Gasteiger partial charge in [-0.3, -0.25) is 9.59 Å². The molecule has 2 aliphatic heterocycles. The van der Waals surface area contributed by atoms with Crippen molar-refractivity contribution in [2.45, 2.75) is 46.1 Å². The Bertz CT molecular complexity index is 1070. The molecule has 0 aromatic heterocycles. The highest BCUT2D eigenvalue weighted by Gasteiger charge is 2.25. The Balaban J connectivity index is 1.67. The smallest absolute Gasteiger partial charge is 0.255 e. The molecule has 0 aliphatic carbocycles. The fourth-order valence-electron chi connectivity index (χ4n) is 5.13. The summed E-state index contributed by atoms with van der Waals surface area (Å²) in [6.45, 7) is 9.48. The van der Waals surface area contributed by atoms with Gasteiger partial charge in [0.15, 0.2) is 0 Å². The van der Waals surface area contributed by atoms with Crippen LogP contribution in [0.1, 0.15) is 55.5 Å². The van der Waals surface area contributed by atoms with Crippen molar-refractivity contribution in [1.29, 1.82) is 0 Å². The van der Waals surface area contributed by atoms with Crippen molar-refractivity contribution in [2.75, 3.05) is 56.1 Å². The minimum Gasteiger partial charge on any atom is -0.372 e. The fraction of sp³-hybridized carbons (Fsp3) is 0.517. The van der Waals surface area contributed by atoms with Crippen LogP contribution in [0.25, 0.3) is 0 Å². The average molecular weight is 511 g/mol. The van der Waals surface area contributed by atoms with Gasteiger partial charge in [-0.25, -0.2) is 0 Å². The van der Waals surface area contributed by atoms with Gasteiger partial charge in [0.1, 0.15) is 0 Å². The van der Waals surface area contributed by atoms with E-state index in [9.17, 15) is 9.59 Å². The molecule has 2 aromatic carbocycles. The van der Waals surface area contributed by atoms with Crippen molar-refractivity contribution in [3.05, 3.63) is 58.6 Å². The van der Waals surface area contributed by atoms with Gasteiger partial charge >= 0.3 is 0 Å². The highest BCUT2D eigenvalue weighted by molar-refractivity contribution is 6.34. The normalized spacial score (nSPS) is 17.8. The molecule has 0 saturated carbocycles. The molecule has 0 N–H and O–H groups in total. The molecule has 1 saturated heterocycles. The number of nitrogens with zero attached hydrogens (tertiary/aromatic N) is 4. The Morgan fingerprint density at radius 1 is 0.917 bits per heavy atom. The number of halogens is 1. The topological polar surface area (TPSA) is 47.1 Å². The molecule has 0 atom stereocenters. The van der Waals surface area contributed by atoms with Gasteiger partial charge in [-0.15, -0.1) is 0 Å². The van der Waals surface area contributed by atoms with Gasteiger partial charge in [-0.05, 0) is 68.6 Å². The first-order valence-corrected chi connectivity index (χ1v) is 13.6. The summed E-state index contributed by atoms with van der Waals surface area (Å²) in [5.74, 6) is 0.357. The summed E-state index contributed by atoms with van der Waals surface area (Å²) in [5.41, 5.74) is 3.49. The number of para-hydroxylation sites is 1. The van der Waals surface area contributed by atoms with E-state index in [4.69, 9.17) is 11.6 Å². The lowest BCUT2D eigenvalue weighted by Crippen LogP contribution is -2.37. The molecule has 36 heavy (non-hydrogen) atoms. The maximum Gasteiger partial charge on any atom is 0.255 e. The zero-order valence-electron chi connectivity index (χ0n) is 21.9. The molecule has 6 nitrogen and oxygen atoms in total. The molecule has 1 fully saturated rings. The monoisotopic (exact) mass is 510 g/mol. The second-order valence-corrected chi connectivity index (χ2v) is 10.9. The first-order chi connectivity index (χ1) is 17.3. The molecule has 0 unspecified atom stereocenters. The summed E-state index contributed by atoms with van der Waals surface area (Å²) in [4.78, 5) is 35.6. The van der Waals surface area contributed by atoms with E-state index in [0.717, 1.165) is 49.5 Å². The van der Waals surface area contributed by atoms with Crippen LogP contribution in [0.4, 0.5) is 11.4 Å². The van der Waals surface area contributed by atoms with Crippen molar-refractivity contribution < 1.29 is 9.59 Å². The Hall–Kier alpha value is -2.57. The minimum absolute atomic E-state index is 0.0662. The van der Waals surface area contributed by atoms with Gasteiger partial charge < -0.3 is 19.6 Å². The maximum absolute atomic E-state index is 13.9. The van der Waals surface area contributed by atoms with Crippen LogP contribution in [0.5, 0.6) is 0 Å². The van der Waals surface area contributed by atoms with Crippen molar-refractivity contribution in [1.82, 2.24) is 9.80 Å². The molecular formula is C29H39ClN4O2. The van der Waals surface area contributed by atoms with Gasteiger partial charge in [0.2, 0.25) is 5.91 Å². The van der Waals surface area contributed by atoms with Crippen molar-refractivity contribution in [3.63, 3.8) is 0 Å². The molecule has 0 spiro atoms. The first-order valence-electron chi connectivity index (χ1n) is 13.2. The number of carbonyl (C=O) groups is 2. The second-order valence-electron chi connectivity index (χ2n) is 10.5. The number of benzene rings is 2. The quantitative estimate of drug-likeness (QED) is 0.560. The molecule has 0 radical (unpaired) electrons. The number of rotatable bonds is 4. The lowest BCUT2D eigenvalue weighted by atomic mass is 10.1. The van der Waals surface area contributed by atoms with Crippen LogP contribution in [0.3, 0.4) is 0 Å². The summed E-state index contributed by atoms with van der Waals surface area (Å²) in [6.07, 6.45) is 3.73. The minimum atomic E-state index is -0.0662. The Kier molecular flexibility index (Phi) is 8.91. The number of amides is 2. The van der Waals surface area contributed by atoms with Crippen LogP contribution in [0.2, 0.25) is 5.02 Å². The number of likely N-dealkylation sites (N-methyl/N-ethyl adjacent to an activating group) is 1. The second kappa shape index (κ2) is 12.1. The van der Waals surface area contributed by atoms with E-state index in [-0.39, 0.29) is 17.7 Å². The zero-order valence-corrected chi connectivity index (χ0v) is 22.6. The molecule has 194 valence electrons. The predicted molar refractivity (Wildman–Crippen MR) is 148 cm³/mol. The van der Waals surface area contributed by atoms with Gasteiger partial charge in [0, 0.05) is 57.1 Å². The number of fused-ring (bicyclic) bond motifs is 1. The van der Waals surface area contributed by atoms with Crippen molar-refractivity contribution >= 4 is 34.8 Å². The first kappa shape index (κ1) is 26.5. The molecule has 2 aliphatic rings.